The molecule has 0 aliphatic rings. The molecule has 9 heteroatoms. The molecule has 0 saturated heterocycles. The number of carboxylic acid groups (broad SMARTS) is 1. The number of aliphatic carboxylic acids is 1. The van der Waals surface area contributed by atoms with Crippen LogP contribution >= 0.6 is 0 Å². The molecule has 0 aromatic heterocycles. The van der Waals surface area contributed by atoms with Crippen LogP contribution in [0.1, 0.15) is 22.3 Å². The van der Waals surface area contributed by atoms with Gasteiger partial charge in [-0.25, -0.2) is 13.6 Å². The highest BCUT2D eigenvalue weighted by atomic mass is 19.4. The summed E-state index contributed by atoms with van der Waals surface area (Å²) in [4.78, 5) is 22.4. The topological polar surface area (TPSA) is 66.4 Å². The van der Waals surface area contributed by atoms with E-state index in [1.54, 1.807) is 5.32 Å². The van der Waals surface area contributed by atoms with Crippen LogP contribution in [0.15, 0.2) is 24.3 Å². The average molecular weight is 311 g/mol. The first kappa shape index (κ1) is 16.9. The van der Waals surface area contributed by atoms with E-state index in [1.165, 1.54) is 0 Å². The molecule has 0 aliphatic heterocycles. The molecule has 4 nitrogen and oxygen atoms in total. The van der Waals surface area contributed by atoms with E-state index < -0.39 is 48.1 Å². The Morgan fingerprint density at radius 3 is 2.24 bits per heavy atom. The van der Waals surface area contributed by atoms with Gasteiger partial charge in [-0.3, -0.25) is 4.79 Å². The van der Waals surface area contributed by atoms with Crippen LogP contribution in [0.2, 0.25) is 0 Å². The molecule has 0 spiro atoms. The van der Waals surface area contributed by atoms with Crippen molar-refractivity contribution in [2.75, 3.05) is 0 Å². The van der Waals surface area contributed by atoms with Gasteiger partial charge in [-0.15, -0.1) is 0 Å². The Morgan fingerprint density at radius 2 is 1.76 bits per heavy atom. The van der Waals surface area contributed by atoms with Gasteiger partial charge in [0.15, 0.2) is 0 Å². The third-order valence-electron chi connectivity index (χ3n) is 2.49. The number of alkyl halides is 5. The molecule has 1 amide bonds. The fourth-order valence-corrected chi connectivity index (χ4v) is 1.56. The third kappa shape index (κ3) is 4.69. The first-order valence-electron chi connectivity index (χ1n) is 5.61. The predicted octanol–water partition coefficient (Wildman–Crippen LogP) is 2.54. The molecular weight excluding hydrogens is 301 g/mol. The molecule has 0 aliphatic carbocycles. The van der Waals surface area contributed by atoms with Gasteiger partial charge in [0, 0.05) is 6.42 Å². The average Bonchev–Trinajstić information content (AvgIpc) is 2.36. The SMILES string of the molecule is O=C(NC(CC(F)F)C(=O)O)c1ccccc1C(F)(F)F. The monoisotopic (exact) mass is 311 g/mol. The number of nitrogens with one attached hydrogen (secondary N) is 1. The van der Waals surface area contributed by atoms with Crippen molar-refractivity contribution in [2.24, 2.45) is 0 Å². The zero-order chi connectivity index (χ0) is 16.2. The fourth-order valence-electron chi connectivity index (χ4n) is 1.56. The van der Waals surface area contributed by atoms with E-state index in [4.69, 9.17) is 5.11 Å². The molecule has 0 fully saturated rings. The number of hydrogen-bond donors (Lipinski definition) is 2. The molecular formula is C12H10F5NO3. The molecule has 116 valence electrons. The smallest absolute Gasteiger partial charge is 0.417 e. The van der Waals surface area contributed by atoms with E-state index in [0.717, 1.165) is 18.2 Å². The van der Waals surface area contributed by atoms with E-state index in [1.807, 2.05) is 0 Å². The van der Waals surface area contributed by atoms with Gasteiger partial charge in [0.25, 0.3) is 5.91 Å². The number of rotatable bonds is 5. The van der Waals surface area contributed by atoms with Crippen LogP contribution < -0.4 is 5.32 Å². The highest BCUT2D eigenvalue weighted by Gasteiger charge is 2.35. The molecule has 2 N–H and O–H groups in total. The largest absolute Gasteiger partial charge is 0.480 e. The minimum absolute atomic E-state index is 0.637. The molecule has 0 heterocycles. The lowest BCUT2D eigenvalue weighted by Gasteiger charge is -2.16. The first-order valence-corrected chi connectivity index (χ1v) is 5.61. The van der Waals surface area contributed by atoms with Crippen LogP contribution in [0.3, 0.4) is 0 Å². The van der Waals surface area contributed by atoms with Crippen LogP contribution in [0.25, 0.3) is 0 Å². The molecule has 1 rings (SSSR count). The molecule has 0 saturated carbocycles. The number of benzene rings is 1. The molecule has 1 aromatic rings. The zero-order valence-corrected chi connectivity index (χ0v) is 10.3. The second kappa shape index (κ2) is 6.51. The maximum absolute atomic E-state index is 12.7. The summed E-state index contributed by atoms with van der Waals surface area (Å²) in [6.07, 6.45) is -9.05. The van der Waals surface area contributed by atoms with E-state index in [-0.39, 0.29) is 0 Å². The predicted molar refractivity (Wildman–Crippen MR) is 61.0 cm³/mol. The number of hydrogen-bond acceptors (Lipinski definition) is 2. The summed E-state index contributed by atoms with van der Waals surface area (Å²) in [5.74, 6) is -3.14. The summed E-state index contributed by atoms with van der Waals surface area (Å²) in [6, 6.07) is 1.69. The highest BCUT2D eigenvalue weighted by Crippen LogP contribution is 2.31. The van der Waals surface area contributed by atoms with Crippen LogP contribution in [-0.2, 0) is 11.0 Å². The van der Waals surface area contributed by atoms with Crippen molar-refractivity contribution in [2.45, 2.75) is 25.1 Å². The molecule has 1 unspecified atom stereocenters. The Labute approximate surface area is 115 Å². The van der Waals surface area contributed by atoms with Gasteiger partial charge < -0.3 is 10.4 Å². The van der Waals surface area contributed by atoms with Gasteiger partial charge >= 0.3 is 12.1 Å². The quantitative estimate of drug-likeness (QED) is 0.821. The van der Waals surface area contributed by atoms with Crippen molar-refractivity contribution in [3.8, 4) is 0 Å². The van der Waals surface area contributed by atoms with Crippen LogP contribution in [0.4, 0.5) is 22.0 Å². The number of carbonyl (C=O) groups excluding carboxylic acids is 1. The number of halogens is 5. The van der Waals surface area contributed by atoms with Crippen molar-refractivity contribution in [3.63, 3.8) is 0 Å². The maximum Gasteiger partial charge on any atom is 0.417 e. The third-order valence-corrected chi connectivity index (χ3v) is 2.49. The second-order valence-electron chi connectivity index (χ2n) is 4.03. The van der Waals surface area contributed by atoms with Crippen molar-refractivity contribution < 1.29 is 36.6 Å². The van der Waals surface area contributed by atoms with E-state index >= 15 is 0 Å². The Hall–Kier alpha value is -2.19. The van der Waals surface area contributed by atoms with Gasteiger partial charge in [0.1, 0.15) is 6.04 Å². The maximum atomic E-state index is 12.7. The second-order valence-corrected chi connectivity index (χ2v) is 4.03. The van der Waals surface area contributed by atoms with Crippen molar-refractivity contribution in [3.05, 3.63) is 35.4 Å². The lowest BCUT2D eigenvalue weighted by Crippen LogP contribution is -2.42. The van der Waals surface area contributed by atoms with Gasteiger partial charge in [-0.2, -0.15) is 13.2 Å². The molecule has 21 heavy (non-hydrogen) atoms. The number of carbonyl (C=O) groups is 2. The lowest BCUT2D eigenvalue weighted by molar-refractivity contribution is -0.140. The summed E-state index contributed by atoms with van der Waals surface area (Å²) in [6.45, 7) is 0. The van der Waals surface area contributed by atoms with E-state index in [0.29, 0.717) is 6.07 Å². The van der Waals surface area contributed by atoms with Crippen LogP contribution in [0.5, 0.6) is 0 Å². The van der Waals surface area contributed by atoms with Crippen molar-refractivity contribution >= 4 is 11.9 Å². The Balaban J connectivity index is 3.01. The van der Waals surface area contributed by atoms with E-state index in [2.05, 4.69) is 0 Å². The van der Waals surface area contributed by atoms with Gasteiger partial charge in [-0.05, 0) is 12.1 Å². The van der Waals surface area contributed by atoms with Gasteiger partial charge in [0.05, 0.1) is 11.1 Å². The van der Waals surface area contributed by atoms with Crippen molar-refractivity contribution in [1.82, 2.24) is 5.32 Å². The summed E-state index contributed by atoms with van der Waals surface area (Å²) in [5.41, 5.74) is -2.10. The highest BCUT2D eigenvalue weighted by molar-refractivity contribution is 5.98. The lowest BCUT2D eigenvalue weighted by atomic mass is 10.1. The summed E-state index contributed by atoms with van der Waals surface area (Å²) >= 11 is 0. The molecule has 0 bridgehead atoms. The fraction of sp³-hybridized carbons (Fsp3) is 0.333. The number of amides is 1. The Morgan fingerprint density at radius 1 is 1.19 bits per heavy atom. The van der Waals surface area contributed by atoms with Crippen LogP contribution in [0, 0.1) is 0 Å². The summed E-state index contributed by atoms with van der Waals surface area (Å²) < 4.78 is 62.4. The molecule has 1 atom stereocenters. The minimum atomic E-state index is -4.82. The first-order chi connectivity index (χ1) is 9.62. The van der Waals surface area contributed by atoms with E-state index in [9.17, 15) is 31.5 Å². The Bertz CT molecular complexity index is 530. The summed E-state index contributed by atoms with van der Waals surface area (Å²) in [5, 5.41) is 10.3. The Kier molecular flexibility index (Phi) is 5.23. The molecule has 1 aromatic carbocycles. The summed E-state index contributed by atoms with van der Waals surface area (Å²) in [7, 11) is 0. The minimum Gasteiger partial charge on any atom is -0.480 e. The molecule has 0 radical (unpaired) electrons. The standard InChI is InChI=1S/C12H10F5NO3/c13-9(14)5-8(11(20)21)18-10(19)6-3-1-2-4-7(6)12(15,16)17/h1-4,8-9H,5H2,(H,18,19)(H,20,21). The van der Waals surface area contributed by atoms with Gasteiger partial charge in [0.2, 0.25) is 6.43 Å². The van der Waals surface area contributed by atoms with Gasteiger partial charge in [-0.1, -0.05) is 12.1 Å². The number of carboxylic acids is 1. The van der Waals surface area contributed by atoms with Crippen molar-refractivity contribution in [1.29, 1.82) is 0 Å². The van der Waals surface area contributed by atoms with Crippen LogP contribution in [-0.4, -0.2) is 29.5 Å². The zero-order valence-electron chi connectivity index (χ0n) is 10.3. The normalized spacial score (nSPS) is 13.0.